The zero-order valence-corrected chi connectivity index (χ0v) is 5.41. The van der Waals surface area contributed by atoms with E-state index >= 15 is 0 Å². The second-order valence-electron chi connectivity index (χ2n) is 2.67. The first-order valence-electron chi connectivity index (χ1n) is 2.58. The molecular weight excluding hydrogens is 106 g/mol. The van der Waals surface area contributed by atoms with Crippen LogP contribution in [0, 0.1) is 0 Å². The highest BCUT2D eigenvalue weighted by Crippen LogP contribution is 2.35. The molecule has 0 aromatic rings. The molecule has 1 saturated carbocycles. The standard InChI is InChI=1S/C5H11NS/c1-5(7)2-4(6)3-5/h4,7H,2-3,6H2,1H3. The van der Waals surface area contributed by atoms with Crippen molar-refractivity contribution in [3.05, 3.63) is 0 Å². The van der Waals surface area contributed by atoms with Gasteiger partial charge in [0.1, 0.15) is 0 Å². The van der Waals surface area contributed by atoms with E-state index in [2.05, 4.69) is 19.6 Å². The van der Waals surface area contributed by atoms with E-state index in [9.17, 15) is 0 Å². The maximum Gasteiger partial charge on any atom is 0.0131 e. The maximum absolute atomic E-state index is 5.51. The van der Waals surface area contributed by atoms with Crippen LogP contribution in [0.4, 0.5) is 0 Å². The average Bonchev–Trinajstić information content (AvgIpc) is 1.27. The van der Waals surface area contributed by atoms with Crippen LogP contribution in [-0.4, -0.2) is 10.8 Å². The van der Waals surface area contributed by atoms with E-state index in [4.69, 9.17) is 5.73 Å². The SMILES string of the molecule is CC1(S)CC(N)C1. The monoisotopic (exact) mass is 117 g/mol. The lowest BCUT2D eigenvalue weighted by Crippen LogP contribution is -2.45. The summed E-state index contributed by atoms with van der Waals surface area (Å²) >= 11 is 4.32. The van der Waals surface area contributed by atoms with Gasteiger partial charge in [0.25, 0.3) is 0 Å². The van der Waals surface area contributed by atoms with Crippen molar-refractivity contribution in [3.8, 4) is 0 Å². The second-order valence-corrected chi connectivity index (χ2v) is 3.74. The maximum atomic E-state index is 5.51. The molecule has 7 heavy (non-hydrogen) atoms. The van der Waals surface area contributed by atoms with Gasteiger partial charge in [-0.3, -0.25) is 0 Å². The molecule has 0 aromatic carbocycles. The van der Waals surface area contributed by atoms with E-state index in [1.807, 2.05) is 0 Å². The van der Waals surface area contributed by atoms with Crippen LogP contribution in [0.1, 0.15) is 19.8 Å². The van der Waals surface area contributed by atoms with Gasteiger partial charge in [0.15, 0.2) is 0 Å². The van der Waals surface area contributed by atoms with Crippen LogP contribution in [-0.2, 0) is 0 Å². The molecule has 0 unspecified atom stereocenters. The van der Waals surface area contributed by atoms with E-state index in [-0.39, 0.29) is 4.75 Å². The van der Waals surface area contributed by atoms with Gasteiger partial charge in [-0.25, -0.2) is 0 Å². The Bertz CT molecular complexity index is 72.1. The Balaban J connectivity index is 2.29. The molecule has 0 saturated heterocycles. The highest BCUT2D eigenvalue weighted by Gasteiger charge is 2.34. The molecule has 1 fully saturated rings. The molecule has 0 radical (unpaired) electrons. The first kappa shape index (κ1) is 5.45. The van der Waals surface area contributed by atoms with Gasteiger partial charge >= 0.3 is 0 Å². The van der Waals surface area contributed by atoms with Crippen molar-refractivity contribution in [2.45, 2.75) is 30.6 Å². The van der Waals surface area contributed by atoms with Crippen molar-refractivity contribution in [3.63, 3.8) is 0 Å². The fourth-order valence-corrected chi connectivity index (χ4v) is 1.54. The zero-order valence-electron chi connectivity index (χ0n) is 4.52. The van der Waals surface area contributed by atoms with Crippen molar-refractivity contribution in [1.29, 1.82) is 0 Å². The summed E-state index contributed by atoms with van der Waals surface area (Å²) in [5.41, 5.74) is 5.51. The third-order valence-electron chi connectivity index (χ3n) is 1.40. The Kier molecular flexibility index (Phi) is 1.08. The minimum atomic E-state index is 0.263. The highest BCUT2D eigenvalue weighted by molar-refractivity contribution is 7.81. The van der Waals surface area contributed by atoms with E-state index in [1.165, 1.54) is 0 Å². The first-order valence-corrected chi connectivity index (χ1v) is 3.03. The molecule has 1 nitrogen and oxygen atoms in total. The van der Waals surface area contributed by atoms with Gasteiger partial charge in [-0.2, -0.15) is 12.6 Å². The van der Waals surface area contributed by atoms with Gasteiger partial charge in [0, 0.05) is 10.8 Å². The lowest BCUT2D eigenvalue weighted by molar-refractivity contribution is 0.332. The van der Waals surface area contributed by atoms with Gasteiger partial charge in [-0.05, 0) is 12.8 Å². The summed E-state index contributed by atoms with van der Waals surface area (Å²) in [6.07, 6.45) is 2.16. The lowest BCUT2D eigenvalue weighted by Gasteiger charge is -2.39. The lowest BCUT2D eigenvalue weighted by atomic mass is 9.81. The summed E-state index contributed by atoms with van der Waals surface area (Å²) in [6, 6.07) is 0.433. The Labute approximate surface area is 49.7 Å². The largest absolute Gasteiger partial charge is 0.328 e. The second kappa shape index (κ2) is 1.39. The average molecular weight is 117 g/mol. The van der Waals surface area contributed by atoms with E-state index in [0.717, 1.165) is 12.8 Å². The fraction of sp³-hybridized carbons (Fsp3) is 1.00. The molecule has 0 aromatic heterocycles. The van der Waals surface area contributed by atoms with Gasteiger partial charge in [-0.15, -0.1) is 0 Å². The van der Waals surface area contributed by atoms with E-state index < -0.39 is 0 Å². The molecule has 0 spiro atoms. The smallest absolute Gasteiger partial charge is 0.0131 e. The predicted molar refractivity (Wildman–Crippen MR) is 34.6 cm³/mol. The predicted octanol–water partition coefficient (Wildman–Crippen LogP) is 0.796. The van der Waals surface area contributed by atoms with Crippen LogP contribution in [0.15, 0.2) is 0 Å². The molecule has 0 heterocycles. The minimum absolute atomic E-state index is 0.263. The minimum Gasteiger partial charge on any atom is -0.328 e. The van der Waals surface area contributed by atoms with Gasteiger partial charge in [0.2, 0.25) is 0 Å². The van der Waals surface area contributed by atoms with Crippen molar-refractivity contribution in [2.75, 3.05) is 0 Å². The third-order valence-corrected chi connectivity index (χ3v) is 1.77. The van der Waals surface area contributed by atoms with Crippen molar-refractivity contribution < 1.29 is 0 Å². The van der Waals surface area contributed by atoms with Crippen LogP contribution in [0.25, 0.3) is 0 Å². The first-order chi connectivity index (χ1) is 3.10. The molecule has 42 valence electrons. The Morgan fingerprint density at radius 3 is 2.14 bits per heavy atom. The van der Waals surface area contributed by atoms with Gasteiger partial charge < -0.3 is 5.73 Å². The fourth-order valence-electron chi connectivity index (χ4n) is 1.07. The normalized spacial score (nSPS) is 51.0. The highest BCUT2D eigenvalue weighted by atomic mass is 32.1. The van der Waals surface area contributed by atoms with Crippen molar-refractivity contribution >= 4 is 12.6 Å². The number of hydrogen-bond donors (Lipinski definition) is 2. The Morgan fingerprint density at radius 1 is 1.71 bits per heavy atom. The van der Waals surface area contributed by atoms with Crippen molar-refractivity contribution in [2.24, 2.45) is 5.73 Å². The Morgan fingerprint density at radius 2 is 2.14 bits per heavy atom. The van der Waals surface area contributed by atoms with Crippen molar-refractivity contribution in [1.82, 2.24) is 0 Å². The summed E-state index contributed by atoms with van der Waals surface area (Å²) in [7, 11) is 0. The van der Waals surface area contributed by atoms with Crippen LogP contribution < -0.4 is 5.73 Å². The molecular formula is C5H11NS. The topological polar surface area (TPSA) is 26.0 Å². The van der Waals surface area contributed by atoms with Crippen LogP contribution in [0.2, 0.25) is 0 Å². The molecule has 0 aliphatic heterocycles. The molecule has 1 aliphatic carbocycles. The summed E-state index contributed by atoms with van der Waals surface area (Å²) in [5, 5.41) is 0. The third kappa shape index (κ3) is 1.10. The molecule has 0 atom stereocenters. The van der Waals surface area contributed by atoms with Gasteiger partial charge in [0.05, 0.1) is 0 Å². The van der Waals surface area contributed by atoms with E-state index in [0.29, 0.717) is 6.04 Å². The molecule has 0 bridgehead atoms. The van der Waals surface area contributed by atoms with E-state index in [1.54, 1.807) is 0 Å². The number of nitrogens with two attached hydrogens (primary N) is 1. The summed E-state index contributed by atoms with van der Waals surface area (Å²) in [4.78, 5) is 0. The summed E-state index contributed by atoms with van der Waals surface area (Å²) in [6.45, 7) is 2.12. The summed E-state index contributed by atoms with van der Waals surface area (Å²) in [5.74, 6) is 0. The number of thiol groups is 1. The Hall–Kier alpha value is 0.310. The molecule has 1 aliphatic rings. The zero-order chi connectivity index (χ0) is 5.49. The van der Waals surface area contributed by atoms with Crippen LogP contribution in [0.3, 0.4) is 0 Å². The molecule has 1 rings (SSSR count). The van der Waals surface area contributed by atoms with Gasteiger partial charge in [-0.1, -0.05) is 6.92 Å². The molecule has 2 N–H and O–H groups in total. The van der Waals surface area contributed by atoms with Crippen LogP contribution >= 0.6 is 12.6 Å². The quantitative estimate of drug-likeness (QED) is 0.451. The number of hydrogen-bond acceptors (Lipinski definition) is 2. The summed E-state index contributed by atoms with van der Waals surface area (Å²) < 4.78 is 0.263. The molecule has 2 heteroatoms. The number of rotatable bonds is 0. The van der Waals surface area contributed by atoms with Crippen LogP contribution in [0.5, 0.6) is 0 Å². The molecule has 0 amide bonds.